The standard InChI is InChI=1S/C33H44O6Si/c1-27(24-37-32(34)28-15-9-6-10-16-28)23-29(38-26-36-22-21-35-5)25-39-40(33(2,3)4,30-17-11-7-12-18-30)31-19-13-8-14-20-31/h6-20,27,29H,21-26H2,1-5H3/t27-,29+/m0/s1. The van der Waals surface area contributed by atoms with Gasteiger partial charge in [0.15, 0.2) is 0 Å². The number of hydrogen-bond donors (Lipinski definition) is 0. The molecule has 3 aromatic carbocycles. The Balaban J connectivity index is 1.78. The number of methoxy groups -OCH3 is 1. The van der Waals surface area contributed by atoms with Crippen molar-refractivity contribution >= 4 is 24.7 Å². The molecule has 0 heterocycles. The van der Waals surface area contributed by atoms with E-state index in [1.54, 1.807) is 19.2 Å². The predicted molar refractivity (Wildman–Crippen MR) is 162 cm³/mol. The smallest absolute Gasteiger partial charge is 0.338 e. The van der Waals surface area contributed by atoms with Crippen molar-refractivity contribution < 1.29 is 28.2 Å². The fraction of sp³-hybridized carbons (Fsp3) is 0.424. The number of rotatable bonds is 16. The van der Waals surface area contributed by atoms with E-state index in [-0.39, 0.29) is 36.4 Å². The van der Waals surface area contributed by atoms with E-state index < -0.39 is 8.32 Å². The van der Waals surface area contributed by atoms with E-state index in [0.717, 1.165) is 0 Å². The molecule has 0 bridgehead atoms. The average molecular weight is 565 g/mol. The topological polar surface area (TPSA) is 63.2 Å². The van der Waals surface area contributed by atoms with Crippen LogP contribution in [0.4, 0.5) is 0 Å². The SMILES string of the molecule is COCCOCO[C@@H](CO[Si](c1ccccc1)(c1ccccc1)C(C)(C)C)C[C@H](C)COC(=O)c1ccccc1. The zero-order valence-electron chi connectivity index (χ0n) is 24.5. The molecule has 3 rings (SSSR count). The molecule has 0 aliphatic heterocycles. The molecular formula is C33H44O6Si. The fourth-order valence-corrected chi connectivity index (χ4v) is 9.49. The van der Waals surface area contributed by atoms with Crippen LogP contribution >= 0.6 is 0 Å². The van der Waals surface area contributed by atoms with Crippen molar-refractivity contribution in [1.82, 2.24) is 0 Å². The molecule has 0 N–H and O–H groups in total. The minimum atomic E-state index is -2.73. The Morgan fingerprint density at radius 3 is 1.88 bits per heavy atom. The normalized spacial score (nSPS) is 13.5. The molecule has 216 valence electrons. The molecule has 3 aromatic rings. The largest absolute Gasteiger partial charge is 0.462 e. The summed E-state index contributed by atoms with van der Waals surface area (Å²) in [6, 6.07) is 30.2. The summed E-state index contributed by atoms with van der Waals surface area (Å²) < 4.78 is 29.7. The number of benzene rings is 3. The summed E-state index contributed by atoms with van der Waals surface area (Å²) >= 11 is 0. The van der Waals surface area contributed by atoms with E-state index in [9.17, 15) is 4.79 Å². The Morgan fingerprint density at radius 2 is 1.35 bits per heavy atom. The summed E-state index contributed by atoms with van der Waals surface area (Å²) in [6.45, 7) is 10.6. The molecule has 40 heavy (non-hydrogen) atoms. The monoisotopic (exact) mass is 564 g/mol. The van der Waals surface area contributed by atoms with E-state index in [2.05, 4.69) is 76.2 Å². The summed E-state index contributed by atoms with van der Waals surface area (Å²) in [4.78, 5) is 12.5. The lowest BCUT2D eigenvalue weighted by Gasteiger charge is -2.43. The molecule has 0 unspecified atom stereocenters. The van der Waals surface area contributed by atoms with Gasteiger partial charge in [-0.25, -0.2) is 4.79 Å². The minimum absolute atomic E-state index is 0.0550. The lowest BCUT2D eigenvalue weighted by molar-refractivity contribution is -0.113. The van der Waals surface area contributed by atoms with Crippen molar-refractivity contribution in [2.75, 3.05) is 40.3 Å². The maximum absolute atomic E-state index is 12.5. The van der Waals surface area contributed by atoms with E-state index in [4.69, 9.17) is 23.4 Å². The van der Waals surface area contributed by atoms with E-state index in [0.29, 0.717) is 31.8 Å². The minimum Gasteiger partial charge on any atom is -0.462 e. The lowest BCUT2D eigenvalue weighted by Crippen LogP contribution is -2.67. The van der Waals surface area contributed by atoms with Crippen LogP contribution in [0.15, 0.2) is 91.0 Å². The number of esters is 1. The number of carbonyl (C=O) groups excluding carboxylic acids is 1. The Morgan fingerprint density at radius 1 is 0.800 bits per heavy atom. The average Bonchev–Trinajstić information content (AvgIpc) is 2.96. The van der Waals surface area contributed by atoms with Crippen LogP contribution in [0.25, 0.3) is 0 Å². The van der Waals surface area contributed by atoms with Crippen molar-refractivity contribution in [1.29, 1.82) is 0 Å². The Hall–Kier alpha value is -2.81. The molecule has 0 fully saturated rings. The van der Waals surface area contributed by atoms with Crippen LogP contribution in [0.2, 0.25) is 5.04 Å². The fourth-order valence-electron chi connectivity index (χ4n) is 4.90. The molecule has 0 radical (unpaired) electrons. The zero-order chi connectivity index (χ0) is 28.8. The third-order valence-electron chi connectivity index (χ3n) is 6.90. The van der Waals surface area contributed by atoms with Gasteiger partial charge in [0.1, 0.15) is 6.79 Å². The molecule has 0 amide bonds. The van der Waals surface area contributed by atoms with Crippen LogP contribution in [0.5, 0.6) is 0 Å². The van der Waals surface area contributed by atoms with Gasteiger partial charge in [0.05, 0.1) is 38.1 Å². The van der Waals surface area contributed by atoms with Crippen LogP contribution in [-0.2, 0) is 23.4 Å². The van der Waals surface area contributed by atoms with Crippen molar-refractivity contribution in [2.45, 2.75) is 45.3 Å². The third-order valence-corrected chi connectivity index (χ3v) is 11.9. The maximum atomic E-state index is 12.5. The first kappa shape index (κ1) is 31.7. The molecular weight excluding hydrogens is 520 g/mol. The first-order valence-corrected chi connectivity index (χ1v) is 15.8. The van der Waals surface area contributed by atoms with E-state index in [1.165, 1.54) is 10.4 Å². The highest BCUT2D eigenvalue weighted by Crippen LogP contribution is 2.37. The van der Waals surface area contributed by atoms with Crippen LogP contribution in [0.1, 0.15) is 44.5 Å². The van der Waals surface area contributed by atoms with Gasteiger partial charge in [0.25, 0.3) is 8.32 Å². The van der Waals surface area contributed by atoms with Gasteiger partial charge in [0, 0.05) is 7.11 Å². The van der Waals surface area contributed by atoms with Gasteiger partial charge in [-0.2, -0.15) is 0 Å². The van der Waals surface area contributed by atoms with Gasteiger partial charge in [-0.1, -0.05) is 107 Å². The number of ether oxygens (including phenoxy) is 4. The van der Waals surface area contributed by atoms with Crippen LogP contribution in [-0.4, -0.2) is 60.7 Å². The summed E-state index contributed by atoms with van der Waals surface area (Å²) in [6.07, 6.45) is 0.392. The summed E-state index contributed by atoms with van der Waals surface area (Å²) in [5.41, 5.74) is 0.545. The van der Waals surface area contributed by atoms with Crippen molar-refractivity contribution in [2.24, 2.45) is 5.92 Å². The van der Waals surface area contributed by atoms with Gasteiger partial charge in [-0.15, -0.1) is 0 Å². The Kier molecular flexibility index (Phi) is 12.6. The summed E-state index contributed by atoms with van der Waals surface area (Å²) in [5, 5.41) is 2.29. The lowest BCUT2D eigenvalue weighted by atomic mass is 10.1. The second kappa shape index (κ2) is 15.8. The molecule has 0 aliphatic rings. The highest BCUT2D eigenvalue weighted by molar-refractivity contribution is 6.99. The van der Waals surface area contributed by atoms with Crippen LogP contribution in [0.3, 0.4) is 0 Å². The molecule has 2 atom stereocenters. The zero-order valence-corrected chi connectivity index (χ0v) is 25.5. The van der Waals surface area contributed by atoms with E-state index in [1.807, 2.05) is 30.3 Å². The van der Waals surface area contributed by atoms with Gasteiger partial charge in [-0.3, -0.25) is 0 Å². The molecule has 0 saturated heterocycles. The molecule has 6 nitrogen and oxygen atoms in total. The van der Waals surface area contributed by atoms with Crippen LogP contribution < -0.4 is 10.4 Å². The molecule has 0 aliphatic carbocycles. The van der Waals surface area contributed by atoms with Gasteiger partial charge in [0.2, 0.25) is 0 Å². The Bertz CT molecular complexity index is 1080. The highest BCUT2D eigenvalue weighted by Gasteiger charge is 2.50. The second-order valence-corrected chi connectivity index (χ2v) is 15.4. The number of carbonyl (C=O) groups is 1. The number of hydrogen-bond acceptors (Lipinski definition) is 6. The quantitative estimate of drug-likeness (QED) is 0.0998. The van der Waals surface area contributed by atoms with E-state index >= 15 is 0 Å². The van der Waals surface area contributed by atoms with Gasteiger partial charge in [-0.05, 0) is 39.9 Å². The second-order valence-electron chi connectivity index (χ2n) is 11.1. The highest BCUT2D eigenvalue weighted by atomic mass is 28.4. The van der Waals surface area contributed by atoms with Crippen molar-refractivity contribution in [3.05, 3.63) is 96.6 Å². The third kappa shape index (κ3) is 8.85. The molecule has 0 aromatic heterocycles. The van der Waals surface area contributed by atoms with Crippen LogP contribution in [0, 0.1) is 5.92 Å². The van der Waals surface area contributed by atoms with Gasteiger partial charge < -0.3 is 23.4 Å². The van der Waals surface area contributed by atoms with Crippen molar-refractivity contribution in [3.8, 4) is 0 Å². The first-order chi connectivity index (χ1) is 19.3. The molecule has 0 saturated carbocycles. The summed E-state index contributed by atoms with van der Waals surface area (Å²) in [5.74, 6) is -0.268. The predicted octanol–water partition coefficient (Wildman–Crippen LogP) is 5.45. The summed E-state index contributed by atoms with van der Waals surface area (Å²) in [7, 11) is -1.09. The van der Waals surface area contributed by atoms with Crippen molar-refractivity contribution in [3.63, 3.8) is 0 Å². The first-order valence-electron chi connectivity index (χ1n) is 13.9. The van der Waals surface area contributed by atoms with Gasteiger partial charge >= 0.3 is 5.97 Å². The maximum Gasteiger partial charge on any atom is 0.338 e. The molecule has 7 heteroatoms. The Labute approximate surface area is 240 Å². The molecule has 0 spiro atoms.